The van der Waals surface area contributed by atoms with Crippen LogP contribution < -0.4 is 5.32 Å². The lowest BCUT2D eigenvalue weighted by atomic mass is 9.99. The Bertz CT molecular complexity index is 788. The summed E-state index contributed by atoms with van der Waals surface area (Å²) in [6, 6.07) is 4.92. The Hall–Kier alpha value is -1.44. The van der Waals surface area contributed by atoms with Gasteiger partial charge >= 0.3 is 6.09 Å². The lowest BCUT2D eigenvalue weighted by Gasteiger charge is -2.24. The minimum absolute atomic E-state index is 0.0869. The second-order valence-electron chi connectivity index (χ2n) is 7.40. The zero-order valence-electron chi connectivity index (χ0n) is 16.6. The molecule has 0 spiro atoms. The van der Waals surface area contributed by atoms with E-state index in [1.807, 2.05) is 34.6 Å². The summed E-state index contributed by atoms with van der Waals surface area (Å²) in [5.74, 6) is 0.921. The third-order valence-electron chi connectivity index (χ3n) is 3.98. The van der Waals surface area contributed by atoms with E-state index in [0.717, 1.165) is 12.0 Å². The maximum atomic E-state index is 12.2. The van der Waals surface area contributed by atoms with E-state index >= 15 is 0 Å². The van der Waals surface area contributed by atoms with Gasteiger partial charge < -0.3 is 14.5 Å². The number of hydrogen-bond acceptors (Lipinski definition) is 6. The molecule has 0 aliphatic rings. The molecule has 0 aliphatic carbocycles. The molecule has 28 heavy (non-hydrogen) atoms. The average molecular weight is 446 g/mol. The first-order chi connectivity index (χ1) is 13.1. The molecule has 0 unspecified atom stereocenters. The SMILES string of the molecule is CC[C@@H](C)[C@@H](NC(=O)OC(C)(C)C)c1nnc(SCc2c(Cl)cccc2Cl)o1. The van der Waals surface area contributed by atoms with Crippen LogP contribution in [0.15, 0.2) is 27.8 Å². The molecule has 9 heteroatoms. The van der Waals surface area contributed by atoms with Crippen LogP contribution in [0.3, 0.4) is 0 Å². The van der Waals surface area contributed by atoms with Gasteiger partial charge in [-0.1, -0.05) is 61.3 Å². The third kappa shape index (κ3) is 6.57. The van der Waals surface area contributed by atoms with Crippen LogP contribution in [0.2, 0.25) is 10.0 Å². The fraction of sp³-hybridized carbons (Fsp3) is 0.526. The number of rotatable bonds is 7. The van der Waals surface area contributed by atoms with Crippen LogP contribution in [0.25, 0.3) is 0 Å². The van der Waals surface area contributed by atoms with E-state index in [1.165, 1.54) is 11.8 Å². The Morgan fingerprint density at radius 3 is 2.50 bits per heavy atom. The second-order valence-corrected chi connectivity index (χ2v) is 9.15. The molecule has 1 heterocycles. The van der Waals surface area contributed by atoms with Crippen molar-refractivity contribution in [1.82, 2.24) is 15.5 Å². The van der Waals surface area contributed by atoms with Gasteiger partial charge in [0.15, 0.2) is 0 Å². The molecule has 0 aliphatic heterocycles. The van der Waals surface area contributed by atoms with Gasteiger partial charge in [0.25, 0.3) is 5.22 Å². The number of ether oxygens (including phenoxy) is 1. The van der Waals surface area contributed by atoms with E-state index in [1.54, 1.807) is 18.2 Å². The molecular formula is C19H25Cl2N3O3S. The van der Waals surface area contributed by atoms with Gasteiger partial charge in [0.2, 0.25) is 5.89 Å². The average Bonchev–Trinajstić information content (AvgIpc) is 3.05. The molecule has 1 N–H and O–H groups in total. The van der Waals surface area contributed by atoms with E-state index in [4.69, 9.17) is 32.4 Å². The maximum absolute atomic E-state index is 12.2. The Labute approximate surface area is 179 Å². The number of nitrogens with zero attached hydrogens (tertiary/aromatic N) is 2. The number of halogens is 2. The Kier molecular flexibility index (Phi) is 8.04. The highest BCUT2D eigenvalue weighted by Crippen LogP contribution is 2.32. The first-order valence-electron chi connectivity index (χ1n) is 8.99. The van der Waals surface area contributed by atoms with Crippen LogP contribution in [-0.4, -0.2) is 21.9 Å². The summed E-state index contributed by atoms with van der Waals surface area (Å²) >= 11 is 13.7. The molecule has 0 saturated heterocycles. The van der Waals surface area contributed by atoms with Crippen molar-refractivity contribution in [2.24, 2.45) is 5.92 Å². The van der Waals surface area contributed by atoms with Crippen molar-refractivity contribution in [2.75, 3.05) is 0 Å². The zero-order valence-corrected chi connectivity index (χ0v) is 18.9. The van der Waals surface area contributed by atoms with Crippen LogP contribution in [0.4, 0.5) is 4.79 Å². The maximum Gasteiger partial charge on any atom is 0.408 e. The number of amides is 1. The van der Waals surface area contributed by atoms with Gasteiger partial charge in [0, 0.05) is 15.8 Å². The molecule has 154 valence electrons. The summed E-state index contributed by atoms with van der Waals surface area (Å²) in [5.41, 5.74) is 0.217. The molecule has 2 rings (SSSR count). The Morgan fingerprint density at radius 1 is 1.29 bits per heavy atom. The van der Waals surface area contributed by atoms with Crippen LogP contribution in [0, 0.1) is 5.92 Å². The van der Waals surface area contributed by atoms with Gasteiger partial charge in [-0.3, -0.25) is 0 Å². The van der Waals surface area contributed by atoms with Crippen LogP contribution in [0.5, 0.6) is 0 Å². The molecule has 6 nitrogen and oxygen atoms in total. The molecule has 0 bridgehead atoms. The Morgan fingerprint density at radius 2 is 1.93 bits per heavy atom. The van der Waals surface area contributed by atoms with E-state index in [9.17, 15) is 4.79 Å². The highest BCUT2D eigenvalue weighted by atomic mass is 35.5. The van der Waals surface area contributed by atoms with Crippen molar-refractivity contribution in [2.45, 2.75) is 63.7 Å². The second kappa shape index (κ2) is 9.85. The summed E-state index contributed by atoms with van der Waals surface area (Å²) in [4.78, 5) is 12.2. The molecule has 2 atom stereocenters. The number of thioether (sulfide) groups is 1. The van der Waals surface area contributed by atoms with Crippen molar-refractivity contribution in [3.63, 3.8) is 0 Å². The third-order valence-corrected chi connectivity index (χ3v) is 5.53. The molecule has 0 fully saturated rings. The predicted molar refractivity (Wildman–Crippen MR) is 112 cm³/mol. The first kappa shape index (κ1) is 22.8. The number of benzene rings is 1. The van der Waals surface area contributed by atoms with E-state index in [2.05, 4.69) is 15.5 Å². The fourth-order valence-corrected chi connectivity index (χ4v) is 3.84. The van der Waals surface area contributed by atoms with E-state index in [-0.39, 0.29) is 5.92 Å². The van der Waals surface area contributed by atoms with Gasteiger partial charge in [0.1, 0.15) is 11.6 Å². The zero-order chi connectivity index (χ0) is 20.9. The lowest BCUT2D eigenvalue weighted by molar-refractivity contribution is 0.0474. The molecule has 1 aromatic heterocycles. The summed E-state index contributed by atoms with van der Waals surface area (Å²) < 4.78 is 11.1. The minimum atomic E-state index is -0.589. The van der Waals surface area contributed by atoms with Crippen molar-refractivity contribution in [3.8, 4) is 0 Å². The number of nitrogens with one attached hydrogen (secondary N) is 1. The van der Waals surface area contributed by atoms with Crippen molar-refractivity contribution < 1.29 is 13.9 Å². The van der Waals surface area contributed by atoms with E-state index < -0.39 is 17.7 Å². The molecular weight excluding hydrogens is 421 g/mol. The van der Waals surface area contributed by atoms with Crippen molar-refractivity contribution in [1.29, 1.82) is 0 Å². The summed E-state index contributed by atoms with van der Waals surface area (Å²) in [7, 11) is 0. The standard InChI is InChI=1S/C19H25Cl2N3O3S/c1-6-11(2)15(22-17(25)27-19(3,4)5)16-23-24-18(26-16)28-10-12-13(20)8-7-9-14(12)21/h7-9,11,15H,6,10H2,1-5H3,(H,22,25)/t11-,15-/m1/s1. The molecule has 0 saturated carbocycles. The van der Waals surface area contributed by atoms with Crippen LogP contribution in [-0.2, 0) is 10.5 Å². The summed E-state index contributed by atoms with van der Waals surface area (Å²) in [5, 5.41) is 12.6. The minimum Gasteiger partial charge on any atom is -0.444 e. The van der Waals surface area contributed by atoms with Gasteiger partial charge in [-0.25, -0.2) is 4.79 Å². The quantitative estimate of drug-likeness (QED) is 0.505. The topological polar surface area (TPSA) is 77.2 Å². The molecule has 1 amide bonds. The largest absolute Gasteiger partial charge is 0.444 e. The Balaban J connectivity index is 2.10. The summed E-state index contributed by atoms with van der Waals surface area (Å²) in [6.45, 7) is 9.47. The number of carbonyl (C=O) groups is 1. The van der Waals surface area contributed by atoms with Gasteiger partial charge in [0.05, 0.1) is 0 Å². The highest BCUT2D eigenvalue weighted by Gasteiger charge is 2.28. The van der Waals surface area contributed by atoms with Gasteiger partial charge in [-0.05, 0) is 44.4 Å². The molecule has 2 aromatic rings. The summed E-state index contributed by atoms with van der Waals surface area (Å²) in [6.07, 6.45) is 0.300. The van der Waals surface area contributed by atoms with Gasteiger partial charge in [-0.15, -0.1) is 10.2 Å². The van der Waals surface area contributed by atoms with Crippen molar-refractivity contribution >= 4 is 41.1 Å². The normalized spacial score (nSPS) is 13.8. The van der Waals surface area contributed by atoms with E-state index in [0.29, 0.717) is 26.9 Å². The van der Waals surface area contributed by atoms with Crippen molar-refractivity contribution in [3.05, 3.63) is 39.7 Å². The van der Waals surface area contributed by atoms with Gasteiger partial charge in [-0.2, -0.15) is 0 Å². The predicted octanol–water partition coefficient (Wildman–Crippen LogP) is 6.28. The number of hydrogen-bond donors (Lipinski definition) is 1. The first-order valence-corrected chi connectivity index (χ1v) is 10.7. The number of carbonyl (C=O) groups excluding carboxylic acids is 1. The smallest absolute Gasteiger partial charge is 0.408 e. The number of alkyl carbamates (subject to hydrolysis) is 1. The lowest BCUT2D eigenvalue weighted by Crippen LogP contribution is -2.37. The molecule has 1 aromatic carbocycles. The van der Waals surface area contributed by atoms with Crippen LogP contribution in [0.1, 0.15) is 58.5 Å². The fourth-order valence-electron chi connectivity index (χ4n) is 2.33. The monoisotopic (exact) mass is 445 g/mol. The van der Waals surface area contributed by atoms with Crippen LogP contribution >= 0.6 is 35.0 Å². The number of aromatic nitrogens is 2. The highest BCUT2D eigenvalue weighted by molar-refractivity contribution is 7.98. The molecule has 0 radical (unpaired) electrons.